The fraction of sp³-hybridized carbons (Fsp3) is 0.294. The quantitative estimate of drug-likeness (QED) is 0.0402. The minimum atomic E-state index is -3.37. The number of benzene rings is 8. The summed E-state index contributed by atoms with van der Waals surface area (Å²) in [6.45, 7) is 11.0. The molecule has 2 fully saturated rings. The first-order valence-corrected chi connectivity index (χ1v) is 38.8. The van der Waals surface area contributed by atoms with Crippen molar-refractivity contribution in [3.8, 4) is 0 Å². The Morgan fingerprint density at radius 3 is 0.756 bits per heavy atom. The monoisotopic (exact) mass is 1120 g/mol. The van der Waals surface area contributed by atoms with Crippen LogP contribution in [0, 0.1) is 23.3 Å². The Kier molecular flexibility index (Phi) is 18.0. The van der Waals surface area contributed by atoms with E-state index in [1.165, 1.54) is 22.3 Å². The van der Waals surface area contributed by atoms with Crippen LogP contribution in [0.3, 0.4) is 0 Å². The zero-order chi connectivity index (χ0) is 54.3. The van der Waals surface area contributed by atoms with Gasteiger partial charge in [0.2, 0.25) is 0 Å². The second-order valence-electron chi connectivity index (χ2n) is 22.9. The summed E-state index contributed by atoms with van der Waals surface area (Å²) in [6, 6.07) is 72.6. The predicted octanol–water partition coefficient (Wildman–Crippen LogP) is 17.5. The van der Waals surface area contributed by atoms with E-state index in [2.05, 4.69) is 157 Å². The minimum absolute atomic E-state index is 0.258. The first-order valence-electron chi connectivity index (χ1n) is 28.7. The van der Waals surface area contributed by atoms with Crippen LogP contribution in [0.25, 0.3) is 0 Å². The van der Waals surface area contributed by atoms with Crippen LogP contribution in [-0.2, 0) is 0 Å². The molecular weight excluding hydrogens is 1040 g/mol. The van der Waals surface area contributed by atoms with E-state index in [1.54, 1.807) is 48.5 Å². The molecule has 0 N–H and O–H groups in total. The Bertz CT molecular complexity index is 2820. The molecule has 2 nitrogen and oxygen atoms in total. The van der Waals surface area contributed by atoms with E-state index in [0.717, 1.165) is 77.3 Å². The Labute approximate surface area is 465 Å². The summed E-state index contributed by atoms with van der Waals surface area (Å²) in [4.78, 5) is 0. The molecule has 0 radical (unpaired) electrons. The van der Waals surface area contributed by atoms with Gasteiger partial charge >= 0.3 is 468 Å². The summed E-state index contributed by atoms with van der Waals surface area (Å²) < 4.78 is 73.0. The maximum atomic E-state index is 16.8. The molecule has 0 aliphatic carbocycles. The van der Waals surface area contributed by atoms with Crippen molar-refractivity contribution < 1.29 is 17.6 Å². The van der Waals surface area contributed by atoms with Crippen LogP contribution in [0.5, 0.6) is 0 Å². The number of rotatable bonds is 21. The molecule has 10 heteroatoms. The molecule has 78 heavy (non-hydrogen) atoms. The standard InChI is InChI=1S/C68H80F4N2P4/c1-75(61(53-31-13-9-14-32-53)47-48-62(75)54-33-15-10-16-34-54)73(77(3,65-43-25-21-39-57(65)69)66-44-26-22-40-58(66)70)51-29-7-5-6-8-30-52-74(78(4,67-45-27-23-41-59(67)71)68-46-28-24-42-60(68)72)76(2)63(55-35-17-11-18-36-55)49-50-64(76)56-37-19-12-20-38-56/h9-28,31-46,61-64,75-78H,5-8,29-30,47-52H2,1-4H3/t61-,62-,63+,64+. The van der Waals surface area contributed by atoms with Gasteiger partial charge < -0.3 is 0 Å². The molecule has 0 aromatic heterocycles. The van der Waals surface area contributed by atoms with Gasteiger partial charge in [0.1, 0.15) is 0 Å². The van der Waals surface area contributed by atoms with Crippen LogP contribution >= 0.6 is 29.7 Å². The summed E-state index contributed by atoms with van der Waals surface area (Å²) in [5.74, 6) is -1.05. The van der Waals surface area contributed by atoms with Crippen LogP contribution < -0.4 is 21.2 Å². The normalized spacial score (nSPS) is 20.4. The summed E-state index contributed by atoms with van der Waals surface area (Å²) in [5.41, 5.74) is 6.33. The maximum absolute atomic E-state index is 16.8. The molecule has 2 aliphatic rings. The Morgan fingerprint density at radius 1 is 0.321 bits per heavy atom. The van der Waals surface area contributed by atoms with Gasteiger partial charge in [0.05, 0.1) is 0 Å². The third-order valence-electron chi connectivity index (χ3n) is 19.0. The second-order valence-corrected chi connectivity index (χ2v) is 40.1. The van der Waals surface area contributed by atoms with Crippen LogP contribution in [0.15, 0.2) is 218 Å². The number of nitrogens with zero attached hydrogens (tertiary/aromatic N) is 2. The van der Waals surface area contributed by atoms with Crippen LogP contribution in [0.1, 0.15) is 109 Å². The molecule has 2 heterocycles. The number of halogens is 4. The summed E-state index contributed by atoms with van der Waals surface area (Å²) in [7, 11) is -12.2. The van der Waals surface area contributed by atoms with Crippen molar-refractivity contribution in [1.29, 1.82) is 0 Å². The van der Waals surface area contributed by atoms with Gasteiger partial charge in [0, 0.05) is 0 Å². The zero-order valence-corrected chi connectivity index (χ0v) is 50.0. The van der Waals surface area contributed by atoms with E-state index in [-0.39, 0.29) is 45.9 Å². The summed E-state index contributed by atoms with van der Waals surface area (Å²) in [5, 5.41) is 2.57. The molecule has 0 unspecified atom stereocenters. The molecule has 410 valence electrons. The van der Waals surface area contributed by atoms with Crippen LogP contribution in [0.4, 0.5) is 17.6 Å². The molecule has 0 bridgehead atoms. The van der Waals surface area contributed by atoms with E-state index >= 15 is 17.6 Å². The molecule has 10 rings (SSSR count). The van der Waals surface area contributed by atoms with Gasteiger partial charge in [-0.3, -0.25) is 0 Å². The van der Waals surface area contributed by atoms with Crippen molar-refractivity contribution in [3.05, 3.63) is 264 Å². The summed E-state index contributed by atoms with van der Waals surface area (Å²) >= 11 is 0. The molecule has 8 aromatic rings. The number of hydrogen-bond acceptors (Lipinski definition) is 2. The Morgan fingerprint density at radius 2 is 0.526 bits per heavy atom. The Hall–Kier alpha value is -4.88. The van der Waals surface area contributed by atoms with E-state index in [4.69, 9.17) is 0 Å². The van der Waals surface area contributed by atoms with Gasteiger partial charge in [0.15, 0.2) is 0 Å². The van der Waals surface area contributed by atoms with E-state index < -0.39 is 29.7 Å². The third-order valence-corrected chi connectivity index (χ3v) is 43.9. The molecule has 0 spiro atoms. The third kappa shape index (κ3) is 10.8. The molecular formula is C68H80F4N2P4. The first kappa shape index (κ1) is 56.4. The van der Waals surface area contributed by atoms with Gasteiger partial charge in [-0.25, -0.2) is 0 Å². The molecule has 4 atom stereocenters. The van der Waals surface area contributed by atoms with Crippen LogP contribution in [0.2, 0.25) is 0 Å². The molecule has 0 amide bonds. The fourth-order valence-electron chi connectivity index (χ4n) is 15.3. The van der Waals surface area contributed by atoms with Crippen molar-refractivity contribution in [2.24, 2.45) is 0 Å². The Balaban J connectivity index is 0.975. The van der Waals surface area contributed by atoms with Gasteiger partial charge in [-0.15, -0.1) is 0 Å². The summed E-state index contributed by atoms with van der Waals surface area (Å²) in [6.07, 6.45) is 9.87. The predicted molar refractivity (Wildman–Crippen MR) is 337 cm³/mol. The molecule has 0 saturated carbocycles. The van der Waals surface area contributed by atoms with Crippen molar-refractivity contribution in [3.63, 3.8) is 0 Å². The SMILES string of the molecule is C[PH](c1ccccc1F)(c1ccccc1F)N(CCCCCCCCN([PH](C)(c1ccccc1F)c1ccccc1F)[PH]1(C)[C@H](c2ccccc2)CC[C@H]1c1ccccc1)[PH]1(C)[C@@H](c2ccccc2)CC[C@@H]1c1ccccc1. The average Bonchev–Trinajstić information content (AvgIpc) is 4.16. The van der Waals surface area contributed by atoms with Gasteiger partial charge in [-0.1, -0.05) is 0 Å². The topological polar surface area (TPSA) is 6.48 Å². The van der Waals surface area contributed by atoms with E-state index in [0.29, 0.717) is 21.2 Å². The van der Waals surface area contributed by atoms with Crippen molar-refractivity contribution >= 4 is 50.9 Å². The van der Waals surface area contributed by atoms with E-state index in [9.17, 15) is 0 Å². The average molecular weight is 1130 g/mol. The van der Waals surface area contributed by atoms with Crippen molar-refractivity contribution in [1.82, 2.24) is 8.88 Å². The molecule has 2 saturated heterocycles. The van der Waals surface area contributed by atoms with Gasteiger partial charge in [0.25, 0.3) is 0 Å². The second kappa shape index (κ2) is 24.9. The van der Waals surface area contributed by atoms with Gasteiger partial charge in [-0.2, -0.15) is 0 Å². The fourth-order valence-corrected chi connectivity index (χ4v) is 43.4. The van der Waals surface area contributed by atoms with E-state index in [1.807, 2.05) is 48.5 Å². The van der Waals surface area contributed by atoms with Crippen LogP contribution in [-0.4, -0.2) is 48.6 Å². The first-order chi connectivity index (χ1) is 37.9. The number of hydrogen-bond donors (Lipinski definition) is 0. The zero-order valence-electron chi connectivity index (χ0n) is 46.0. The van der Waals surface area contributed by atoms with Gasteiger partial charge in [-0.05, 0) is 0 Å². The number of unbranched alkanes of at least 4 members (excludes halogenated alkanes) is 5. The van der Waals surface area contributed by atoms with Crippen molar-refractivity contribution in [2.45, 2.75) is 86.8 Å². The molecule has 2 aliphatic heterocycles. The molecule has 8 aromatic carbocycles. The van der Waals surface area contributed by atoms with Crippen molar-refractivity contribution in [2.75, 3.05) is 39.7 Å².